The third-order valence-corrected chi connectivity index (χ3v) is 4.30. The number of nitrogens with one attached hydrogen (secondary N) is 3. The van der Waals surface area contributed by atoms with Crippen LogP contribution in [0.25, 0.3) is 5.65 Å². The van der Waals surface area contributed by atoms with E-state index >= 15 is 0 Å². The molecule has 0 radical (unpaired) electrons. The number of pyridine rings is 1. The van der Waals surface area contributed by atoms with Crippen molar-refractivity contribution in [2.75, 3.05) is 5.32 Å². The number of aromatic nitrogens is 4. The summed E-state index contributed by atoms with van der Waals surface area (Å²) in [6, 6.07) is 6.52. The van der Waals surface area contributed by atoms with Gasteiger partial charge in [-0.25, -0.2) is 14.3 Å². The van der Waals surface area contributed by atoms with Gasteiger partial charge in [-0.15, -0.1) is 0 Å². The zero-order valence-corrected chi connectivity index (χ0v) is 16.9. The molecular formula is C17H18ClN7O2S. The fraction of sp³-hybridized carbons (Fsp3) is 0.235. The highest BCUT2D eigenvalue weighted by Crippen LogP contribution is 2.19. The molecule has 0 saturated heterocycles. The Kier molecular flexibility index (Phi) is 5.43. The van der Waals surface area contributed by atoms with Gasteiger partial charge in [0.05, 0.1) is 11.2 Å². The van der Waals surface area contributed by atoms with Gasteiger partial charge in [0.1, 0.15) is 16.1 Å². The molecule has 3 aromatic rings. The van der Waals surface area contributed by atoms with E-state index in [9.17, 15) is 4.79 Å². The molecule has 0 aliphatic heterocycles. The van der Waals surface area contributed by atoms with Crippen LogP contribution in [0.15, 0.2) is 41.7 Å². The lowest BCUT2D eigenvalue weighted by atomic mass is 10.2. The molecule has 3 N–H and O–H groups in total. The lowest BCUT2D eigenvalue weighted by molar-refractivity contribution is 0.0635. The Morgan fingerprint density at radius 3 is 2.71 bits per heavy atom. The van der Waals surface area contributed by atoms with Crippen LogP contribution in [0.4, 0.5) is 10.6 Å². The lowest BCUT2D eigenvalue weighted by Crippen LogP contribution is -2.27. The van der Waals surface area contributed by atoms with E-state index in [1.165, 1.54) is 21.3 Å². The number of anilines is 1. The molecule has 0 spiro atoms. The molecule has 3 aromatic heterocycles. The molecule has 1 amide bonds. The zero-order chi connectivity index (χ0) is 20.5. The second-order valence-electron chi connectivity index (χ2n) is 6.74. The smallest absolute Gasteiger partial charge is 0.413 e. The summed E-state index contributed by atoms with van der Waals surface area (Å²) in [5.41, 5.74) is 0.0494. The molecule has 3 heterocycles. The average Bonchev–Trinajstić information content (AvgIpc) is 2.96. The molecule has 0 fully saturated rings. The largest absolute Gasteiger partial charge is 0.444 e. The number of carbonyl (C=O) groups excluding carboxylic acids is 1. The van der Waals surface area contributed by atoms with Crippen LogP contribution in [-0.4, -0.2) is 36.0 Å². The summed E-state index contributed by atoms with van der Waals surface area (Å²) in [7, 11) is 0. The molecule has 9 nitrogen and oxygen atoms in total. The number of rotatable bonds is 2. The SMILES string of the molecule is CC(C)(C)OC(=O)Nc1cn2nc(SC(=N)n3cc(Cl)ccc3=N)ccc2n1. The van der Waals surface area contributed by atoms with E-state index in [0.717, 1.165) is 11.8 Å². The fourth-order valence-electron chi connectivity index (χ4n) is 2.18. The maximum absolute atomic E-state index is 11.9. The summed E-state index contributed by atoms with van der Waals surface area (Å²) in [5.74, 6) is 0.302. The number of halogens is 1. The Morgan fingerprint density at radius 1 is 1.25 bits per heavy atom. The molecule has 0 aromatic carbocycles. The average molecular weight is 420 g/mol. The first kappa shape index (κ1) is 19.9. The third-order valence-electron chi connectivity index (χ3n) is 3.26. The van der Waals surface area contributed by atoms with Gasteiger partial charge in [0, 0.05) is 6.20 Å². The van der Waals surface area contributed by atoms with Crippen molar-refractivity contribution < 1.29 is 9.53 Å². The minimum atomic E-state index is -0.611. The van der Waals surface area contributed by atoms with Crippen LogP contribution in [-0.2, 0) is 4.74 Å². The number of carbonyl (C=O) groups is 1. The maximum atomic E-state index is 11.9. The van der Waals surface area contributed by atoms with E-state index < -0.39 is 11.7 Å². The normalized spacial score (nSPS) is 11.4. The van der Waals surface area contributed by atoms with Crippen molar-refractivity contribution in [3.63, 3.8) is 0 Å². The number of amides is 1. The van der Waals surface area contributed by atoms with Crippen molar-refractivity contribution in [3.8, 4) is 0 Å². The minimum absolute atomic E-state index is 0.0755. The number of imidazole rings is 1. The Labute approximate surface area is 169 Å². The van der Waals surface area contributed by atoms with Crippen LogP contribution < -0.4 is 10.8 Å². The van der Waals surface area contributed by atoms with Crippen LogP contribution in [0, 0.1) is 10.8 Å². The highest BCUT2D eigenvalue weighted by molar-refractivity contribution is 8.13. The monoisotopic (exact) mass is 419 g/mol. The summed E-state index contributed by atoms with van der Waals surface area (Å²) in [4.78, 5) is 16.1. The van der Waals surface area contributed by atoms with E-state index in [1.54, 1.807) is 45.2 Å². The molecule has 0 saturated carbocycles. The van der Waals surface area contributed by atoms with Crippen molar-refractivity contribution in [2.24, 2.45) is 0 Å². The van der Waals surface area contributed by atoms with Gasteiger partial charge in [0.15, 0.2) is 16.6 Å². The van der Waals surface area contributed by atoms with Crippen molar-refractivity contribution >= 4 is 46.1 Å². The number of ether oxygens (including phenoxy) is 1. The first-order valence-electron chi connectivity index (χ1n) is 8.17. The Balaban J connectivity index is 1.77. The maximum Gasteiger partial charge on any atom is 0.413 e. The van der Waals surface area contributed by atoms with E-state index in [-0.39, 0.29) is 10.7 Å². The van der Waals surface area contributed by atoms with E-state index in [0.29, 0.717) is 21.5 Å². The highest BCUT2D eigenvalue weighted by atomic mass is 35.5. The molecule has 0 atom stereocenters. The molecule has 0 aliphatic rings. The number of thioether (sulfide) groups is 1. The standard InChI is InChI=1S/C17H18ClN7O2S/c1-17(2,3)27-16(26)22-12-9-25-13(21-12)6-7-14(23-25)28-15(20)24-8-10(18)4-5-11(24)19/h4-9,19-20H,1-3H3,(H,22,26). The van der Waals surface area contributed by atoms with E-state index in [4.69, 9.17) is 27.2 Å². The molecule has 3 rings (SSSR count). The van der Waals surface area contributed by atoms with E-state index in [1.807, 2.05) is 0 Å². The summed E-state index contributed by atoms with van der Waals surface area (Å²) < 4.78 is 8.04. The van der Waals surface area contributed by atoms with Crippen molar-refractivity contribution in [1.82, 2.24) is 19.2 Å². The van der Waals surface area contributed by atoms with Crippen LogP contribution >= 0.6 is 23.4 Å². The summed E-state index contributed by atoms with van der Waals surface area (Å²) in [6.45, 7) is 5.32. The van der Waals surface area contributed by atoms with Gasteiger partial charge in [0.25, 0.3) is 0 Å². The Hall–Kier alpha value is -2.85. The fourth-order valence-corrected chi connectivity index (χ4v) is 3.05. The second-order valence-corrected chi connectivity index (χ2v) is 8.18. The van der Waals surface area contributed by atoms with Gasteiger partial charge >= 0.3 is 6.09 Å². The van der Waals surface area contributed by atoms with Crippen molar-refractivity contribution in [1.29, 1.82) is 10.8 Å². The summed E-state index contributed by atoms with van der Waals surface area (Å²) >= 11 is 7.00. The highest BCUT2D eigenvalue weighted by Gasteiger charge is 2.17. The topological polar surface area (TPSA) is 121 Å². The number of fused-ring (bicyclic) bond motifs is 1. The molecule has 146 valence electrons. The molecule has 0 unspecified atom stereocenters. The summed E-state index contributed by atoms with van der Waals surface area (Å²) in [5, 5.41) is 24.0. The van der Waals surface area contributed by atoms with E-state index in [2.05, 4.69) is 15.4 Å². The number of hydrogen-bond acceptors (Lipinski definition) is 7. The van der Waals surface area contributed by atoms with Gasteiger partial charge in [-0.2, -0.15) is 5.10 Å². The van der Waals surface area contributed by atoms with Gasteiger partial charge in [-0.1, -0.05) is 11.6 Å². The second kappa shape index (κ2) is 7.64. The van der Waals surface area contributed by atoms with Gasteiger partial charge in [-0.3, -0.25) is 20.7 Å². The van der Waals surface area contributed by atoms with Gasteiger partial charge in [0.2, 0.25) is 0 Å². The van der Waals surface area contributed by atoms with Crippen molar-refractivity contribution in [2.45, 2.75) is 31.4 Å². The first-order valence-corrected chi connectivity index (χ1v) is 9.36. The van der Waals surface area contributed by atoms with Crippen LogP contribution in [0.1, 0.15) is 20.8 Å². The quantitative estimate of drug-likeness (QED) is 0.333. The van der Waals surface area contributed by atoms with Crippen molar-refractivity contribution in [3.05, 3.63) is 47.2 Å². The molecule has 0 bridgehead atoms. The molecule has 28 heavy (non-hydrogen) atoms. The van der Waals surface area contributed by atoms with Crippen LogP contribution in [0.2, 0.25) is 5.02 Å². The molecule has 0 aliphatic carbocycles. The predicted octanol–water partition coefficient (Wildman–Crippen LogP) is 3.59. The van der Waals surface area contributed by atoms with Crippen LogP contribution in [0.3, 0.4) is 0 Å². The molecular weight excluding hydrogens is 402 g/mol. The van der Waals surface area contributed by atoms with Gasteiger partial charge in [-0.05, 0) is 56.8 Å². The number of nitrogens with zero attached hydrogens (tertiary/aromatic N) is 4. The molecule has 11 heteroatoms. The lowest BCUT2D eigenvalue weighted by Gasteiger charge is -2.18. The van der Waals surface area contributed by atoms with Crippen LogP contribution in [0.5, 0.6) is 0 Å². The Bertz CT molecular complexity index is 1120. The van der Waals surface area contributed by atoms with Gasteiger partial charge < -0.3 is 4.74 Å². The minimum Gasteiger partial charge on any atom is -0.444 e. The zero-order valence-electron chi connectivity index (χ0n) is 15.4. The predicted molar refractivity (Wildman–Crippen MR) is 107 cm³/mol. The third kappa shape index (κ3) is 4.90. The number of hydrogen-bond donors (Lipinski definition) is 3. The first-order chi connectivity index (χ1) is 13.1. The summed E-state index contributed by atoms with van der Waals surface area (Å²) in [6.07, 6.45) is 2.44. The Morgan fingerprint density at radius 2 is 2.00 bits per heavy atom.